The summed E-state index contributed by atoms with van der Waals surface area (Å²) in [5.74, 6) is -7.13. The maximum absolute atomic E-state index is 13.4. The van der Waals surface area contributed by atoms with Gasteiger partial charge in [-0.25, -0.2) is 0 Å². The summed E-state index contributed by atoms with van der Waals surface area (Å²) in [7, 11) is -6.62. The Kier molecular flexibility index (Phi) is 7.21. The second-order valence-electron chi connectivity index (χ2n) is 10.1. The SMILES string of the molecule is CCC1(OC(=O)C2C3CC4C(OC(=O)C42)C3OC(=O)CCC(=O)OC(F)(F)C(F)(F)S(=O)(=O)O)CCCC1. The van der Waals surface area contributed by atoms with Crippen LogP contribution in [0, 0.1) is 23.7 Å². The molecule has 0 radical (unpaired) electrons. The van der Waals surface area contributed by atoms with Gasteiger partial charge in [-0.3, -0.25) is 23.7 Å². The Balaban J connectivity index is 1.37. The van der Waals surface area contributed by atoms with Crippen LogP contribution in [0.5, 0.6) is 0 Å². The molecule has 4 rings (SSSR count). The first-order valence-electron chi connectivity index (χ1n) is 12.1. The first-order valence-corrected chi connectivity index (χ1v) is 13.5. The molecule has 3 aliphatic carbocycles. The number of hydrogen-bond donors (Lipinski definition) is 1. The molecule has 6 atom stereocenters. The number of halogens is 4. The van der Waals surface area contributed by atoms with Gasteiger partial charge in [0, 0.05) is 11.8 Å². The Morgan fingerprint density at radius 2 is 1.68 bits per heavy atom. The van der Waals surface area contributed by atoms with Crippen LogP contribution in [0.1, 0.15) is 58.3 Å². The molecule has 0 aromatic carbocycles. The van der Waals surface area contributed by atoms with Gasteiger partial charge in [0.05, 0.1) is 24.7 Å². The fourth-order valence-electron chi connectivity index (χ4n) is 6.12. The van der Waals surface area contributed by atoms with Gasteiger partial charge in [-0.05, 0) is 38.5 Å². The summed E-state index contributed by atoms with van der Waals surface area (Å²) in [5.41, 5.74) is -0.623. The third-order valence-corrected chi connectivity index (χ3v) is 8.89. The van der Waals surface area contributed by atoms with E-state index in [1.54, 1.807) is 0 Å². The highest BCUT2D eigenvalue weighted by atomic mass is 32.2. The highest BCUT2D eigenvalue weighted by molar-refractivity contribution is 7.86. The molecule has 0 amide bonds. The summed E-state index contributed by atoms with van der Waals surface area (Å²) in [6.07, 6.45) is -5.86. The Hall–Kier alpha value is -2.49. The van der Waals surface area contributed by atoms with Gasteiger partial charge in [0.15, 0.2) is 0 Å². The smallest absolute Gasteiger partial charge is 0.459 e. The molecule has 1 aliphatic heterocycles. The van der Waals surface area contributed by atoms with Crippen molar-refractivity contribution in [1.29, 1.82) is 0 Å². The van der Waals surface area contributed by atoms with E-state index in [9.17, 15) is 45.2 Å². The zero-order chi connectivity index (χ0) is 28.3. The minimum Gasteiger partial charge on any atom is -0.459 e. The highest BCUT2D eigenvalue weighted by Crippen LogP contribution is 2.59. The largest absolute Gasteiger partial charge is 0.485 e. The minimum atomic E-state index is -6.62. The molecule has 4 aliphatic rings. The number of fused-ring (bicyclic) bond motifs is 1. The predicted molar refractivity (Wildman–Crippen MR) is 113 cm³/mol. The van der Waals surface area contributed by atoms with Gasteiger partial charge >= 0.3 is 45.4 Å². The van der Waals surface area contributed by atoms with Crippen LogP contribution in [-0.4, -0.2) is 66.0 Å². The summed E-state index contributed by atoms with van der Waals surface area (Å²) >= 11 is 0. The first kappa shape index (κ1) is 28.5. The molecule has 4 fully saturated rings. The lowest BCUT2D eigenvalue weighted by molar-refractivity contribution is -0.302. The van der Waals surface area contributed by atoms with Crippen LogP contribution in [0.2, 0.25) is 0 Å². The minimum absolute atomic E-state index is 0.330. The van der Waals surface area contributed by atoms with Gasteiger partial charge in [-0.15, -0.1) is 0 Å². The van der Waals surface area contributed by atoms with Gasteiger partial charge < -0.3 is 18.9 Å². The van der Waals surface area contributed by atoms with E-state index in [1.807, 2.05) is 6.92 Å². The molecule has 0 aromatic rings. The Bertz CT molecular complexity index is 1120. The number of ether oxygens (including phenoxy) is 4. The zero-order valence-corrected chi connectivity index (χ0v) is 20.9. The quantitative estimate of drug-likeness (QED) is 0.177. The molecule has 1 saturated heterocycles. The summed E-state index contributed by atoms with van der Waals surface area (Å²) in [4.78, 5) is 49.6. The number of hydrogen-bond acceptors (Lipinski definition) is 10. The van der Waals surface area contributed by atoms with Crippen molar-refractivity contribution in [3.8, 4) is 0 Å². The molecular weight excluding hydrogens is 548 g/mol. The molecule has 6 unspecified atom stereocenters. The van der Waals surface area contributed by atoms with E-state index in [4.69, 9.17) is 18.8 Å². The van der Waals surface area contributed by atoms with Crippen LogP contribution in [0.15, 0.2) is 0 Å². The summed E-state index contributed by atoms with van der Waals surface area (Å²) < 4.78 is 102. The summed E-state index contributed by atoms with van der Waals surface area (Å²) in [6, 6.07) is 0. The summed E-state index contributed by atoms with van der Waals surface area (Å²) in [6.45, 7) is 1.90. The lowest BCUT2D eigenvalue weighted by Gasteiger charge is -2.34. The van der Waals surface area contributed by atoms with Crippen molar-refractivity contribution in [2.75, 3.05) is 0 Å². The molecule has 214 valence electrons. The molecule has 11 nitrogen and oxygen atoms in total. The highest BCUT2D eigenvalue weighted by Gasteiger charge is 2.71. The van der Waals surface area contributed by atoms with Crippen molar-refractivity contribution < 1.29 is 68.7 Å². The topological polar surface area (TPSA) is 160 Å². The fraction of sp³-hybridized carbons (Fsp3) is 0.818. The molecule has 1 N–H and O–H groups in total. The van der Waals surface area contributed by atoms with Gasteiger partial charge in [0.1, 0.15) is 17.8 Å². The first-order chi connectivity index (χ1) is 17.5. The third-order valence-electron chi connectivity index (χ3n) is 8.00. The third kappa shape index (κ3) is 4.73. The average Bonchev–Trinajstić information content (AvgIpc) is 3.55. The molecule has 0 spiro atoms. The lowest BCUT2D eigenvalue weighted by atomic mass is 9.78. The van der Waals surface area contributed by atoms with Crippen molar-refractivity contribution in [3.63, 3.8) is 0 Å². The van der Waals surface area contributed by atoms with Gasteiger partial charge in [-0.1, -0.05) is 6.92 Å². The van der Waals surface area contributed by atoms with Gasteiger partial charge in [0.25, 0.3) is 0 Å². The predicted octanol–water partition coefficient (Wildman–Crippen LogP) is 2.37. The average molecular weight is 574 g/mol. The number of carbonyl (C=O) groups is 4. The second-order valence-corrected chi connectivity index (χ2v) is 11.6. The van der Waals surface area contributed by atoms with E-state index in [0.717, 1.165) is 12.8 Å². The molecule has 2 bridgehead atoms. The van der Waals surface area contributed by atoms with Crippen LogP contribution >= 0.6 is 0 Å². The Morgan fingerprint density at radius 1 is 1.08 bits per heavy atom. The summed E-state index contributed by atoms with van der Waals surface area (Å²) in [5, 5.41) is -6.12. The van der Waals surface area contributed by atoms with E-state index in [-0.39, 0.29) is 0 Å². The normalized spacial score (nSPS) is 31.7. The van der Waals surface area contributed by atoms with E-state index >= 15 is 0 Å². The van der Waals surface area contributed by atoms with Crippen LogP contribution in [0.4, 0.5) is 17.6 Å². The van der Waals surface area contributed by atoms with E-state index in [1.165, 1.54) is 0 Å². The molecule has 0 aromatic heterocycles. The Morgan fingerprint density at radius 3 is 2.26 bits per heavy atom. The Labute approximate surface area is 214 Å². The number of alkyl halides is 4. The zero-order valence-electron chi connectivity index (χ0n) is 20.1. The molecule has 16 heteroatoms. The fourth-order valence-corrected chi connectivity index (χ4v) is 6.46. The van der Waals surface area contributed by atoms with Gasteiger partial charge in [-0.2, -0.15) is 26.0 Å². The van der Waals surface area contributed by atoms with E-state index in [0.29, 0.717) is 25.7 Å². The number of carbonyl (C=O) groups excluding carboxylic acids is 4. The van der Waals surface area contributed by atoms with Crippen molar-refractivity contribution in [2.24, 2.45) is 23.7 Å². The maximum atomic E-state index is 13.4. The van der Waals surface area contributed by atoms with Crippen LogP contribution in [-0.2, 0) is 48.2 Å². The number of rotatable bonds is 10. The van der Waals surface area contributed by atoms with E-state index < -0.39 is 99.7 Å². The van der Waals surface area contributed by atoms with Crippen molar-refractivity contribution in [2.45, 2.75) is 87.5 Å². The van der Waals surface area contributed by atoms with Crippen LogP contribution < -0.4 is 0 Å². The second kappa shape index (κ2) is 9.61. The molecule has 38 heavy (non-hydrogen) atoms. The van der Waals surface area contributed by atoms with Crippen molar-refractivity contribution >= 4 is 34.0 Å². The lowest BCUT2D eigenvalue weighted by Crippen LogP contribution is -2.49. The molecular formula is C22H26F4O11S. The molecule has 3 saturated carbocycles. The van der Waals surface area contributed by atoms with Crippen LogP contribution in [0.25, 0.3) is 0 Å². The van der Waals surface area contributed by atoms with Crippen molar-refractivity contribution in [1.82, 2.24) is 0 Å². The monoisotopic (exact) mass is 574 g/mol. The standard InChI is InChI=1S/C22H26F4O11S/c1-2-20(7-3-4-8-20)37-19(30)15-11-9-10-14(15)18(29)35-17(10)16(11)34-12(27)5-6-13(28)36-21(23,24)22(25,26)38(31,32)33/h10-11,14-17H,2-9H2,1H3,(H,31,32,33). The van der Waals surface area contributed by atoms with E-state index in [2.05, 4.69) is 4.74 Å². The maximum Gasteiger partial charge on any atom is 0.485 e. The molecule has 1 heterocycles. The van der Waals surface area contributed by atoms with Crippen LogP contribution in [0.3, 0.4) is 0 Å². The van der Waals surface area contributed by atoms with Crippen molar-refractivity contribution in [3.05, 3.63) is 0 Å². The van der Waals surface area contributed by atoms with Gasteiger partial charge in [0.2, 0.25) is 0 Å². The number of esters is 4.